The van der Waals surface area contributed by atoms with E-state index in [-0.39, 0.29) is 16.6 Å². The summed E-state index contributed by atoms with van der Waals surface area (Å²) in [6.07, 6.45) is 0. The summed E-state index contributed by atoms with van der Waals surface area (Å²) >= 11 is 6.93. The SMILES string of the molecule is Cc1ccc(S(=O)(=O)Nc2nnc(COc3ccc(Cl)cc3)s2)cc1. The van der Waals surface area contributed by atoms with Crippen molar-refractivity contribution in [3.8, 4) is 5.75 Å². The molecule has 2 aromatic carbocycles. The average Bonchev–Trinajstić information content (AvgIpc) is 3.01. The Kier molecular flexibility index (Phi) is 5.22. The van der Waals surface area contributed by atoms with Crippen LogP contribution in [0.15, 0.2) is 53.4 Å². The Bertz CT molecular complexity index is 955. The lowest BCUT2D eigenvalue weighted by molar-refractivity contribution is 0.304. The van der Waals surface area contributed by atoms with Crippen molar-refractivity contribution in [2.45, 2.75) is 18.4 Å². The minimum Gasteiger partial charge on any atom is -0.486 e. The van der Waals surface area contributed by atoms with Crippen LogP contribution in [0.25, 0.3) is 0 Å². The Morgan fingerprint density at radius 2 is 1.76 bits per heavy atom. The molecule has 3 aromatic rings. The van der Waals surface area contributed by atoms with E-state index < -0.39 is 10.0 Å². The van der Waals surface area contributed by atoms with Gasteiger partial charge in [0.15, 0.2) is 5.01 Å². The highest BCUT2D eigenvalue weighted by molar-refractivity contribution is 7.93. The Labute approximate surface area is 154 Å². The second kappa shape index (κ2) is 7.38. The van der Waals surface area contributed by atoms with Gasteiger partial charge in [0.2, 0.25) is 5.13 Å². The number of aryl methyl sites for hydroxylation is 1. The van der Waals surface area contributed by atoms with Crippen molar-refractivity contribution in [2.75, 3.05) is 4.72 Å². The lowest BCUT2D eigenvalue weighted by atomic mass is 10.2. The first-order valence-electron chi connectivity index (χ1n) is 7.23. The largest absolute Gasteiger partial charge is 0.486 e. The van der Waals surface area contributed by atoms with Crippen LogP contribution in [0.4, 0.5) is 5.13 Å². The number of nitrogens with one attached hydrogen (secondary N) is 1. The molecule has 9 heteroatoms. The lowest BCUT2D eigenvalue weighted by Crippen LogP contribution is -2.12. The lowest BCUT2D eigenvalue weighted by Gasteiger charge is -2.04. The topological polar surface area (TPSA) is 81.2 Å². The molecule has 0 aliphatic heterocycles. The summed E-state index contributed by atoms with van der Waals surface area (Å²) < 4.78 is 32.6. The number of hydrogen-bond acceptors (Lipinski definition) is 6. The van der Waals surface area contributed by atoms with E-state index in [9.17, 15) is 8.42 Å². The highest BCUT2D eigenvalue weighted by Gasteiger charge is 2.16. The van der Waals surface area contributed by atoms with E-state index in [4.69, 9.17) is 16.3 Å². The first-order valence-corrected chi connectivity index (χ1v) is 9.90. The van der Waals surface area contributed by atoms with Crippen molar-refractivity contribution in [1.82, 2.24) is 10.2 Å². The summed E-state index contributed by atoms with van der Waals surface area (Å²) in [6.45, 7) is 2.08. The Morgan fingerprint density at radius 3 is 2.44 bits per heavy atom. The van der Waals surface area contributed by atoms with Crippen LogP contribution in [-0.2, 0) is 16.6 Å². The van der Waals surface area contributed by atoms with E-state index in [1.807, 2.05) is 6.92 Å². The third-order valence-corrected chi connectivity index (χ3v) is 5.74. The molecule has 1 N–H and O–H groups in total. The summed E-state index contributed by atoms with van der Waals surface area (Å²) in [5.41, 5.74) is 0.983. The van der Waals surface area contributed by atoms with Gasteiger partial charge in [-0.25, -0.2) is 8.42 Å². The molecular formula is C16H14ClN3O3S2. The number of aromatic nitrogens is 2. The average molecular weight is 396 g/mol. The van der Waals surface area contributed by atoms with Crippen molar-refractivity contribution >= 4 is 38.1 Å². The van der Waals surface area contributed by atoms with Crippen molar-refractivity contribution in [1.29, 1.82) is 0 Å². The van der Waals surface area contributed by atoms with Gasteiger partial charge in [0.1, 0.15) is 12.4 Å². The van der Waals surface area contributed by atoms with Crippen molar-refractivity contribution in [3.05, 3.63) is 64.1 Å². The molecule has 0 saturated carbocycles. The summed E-state index contributed by atoms with van der Waals surface area (Å²) in [5, 5.41) is 9.14. The standard InChI is InChI=1S/C16H14ClN3O3S2/c1-11-2-8-14(9-3-11)25(21,22)20-16-19-18-15(24-16)10-23-13-6-4-12(17)5-7-13/h2-9H,10H2,1H3,(H,19,20). The van der Waals surface area contributed by atoms with Crippen molar-refractivity contribution < 1.29 is 13.2 Å². The molecule has 1 aromatic heterocycles. The molecule has 0 bridgehead atoms. The Hall–Kier alpha value is -2.16. The predicted molar refractivity (Wildman–Crippen MR) is 97.7 cm³/mol. The Balaban J connectivity index is 1.64. The van der Waals surface area contributed by atoms with Crippen molar-refractivity contribution in [2.24, 2.45) is 0 Å². The van der Waals surface area contributed by atoms with Gasteiger partial charge in [0.05, 0.1) is 4.90 Å². The third kappa shape index (κ3) is 4.68. The number of benzene rings is 2. The molecule has 3 rings (SSSR count). The zero-order valence-electron chi connectivity index (χ0n) is 13.1. The molecule has 0 aliphatic carbocycles. The fourth-order valence-electron chi connectivity index (χ4n) is 1.92. The number of nitrogens with zero attached hydrogens (tertiary/aromatic N) is 2. The maximum atomic E-state index is 12.3. The fraction of sp³-hybridized carbons (Fsp3) is 0.125. The molecule has 0 amide bonds. The van der Waals surface area contributed by atoms with Crippen LogP contribution in [0.5, 0.6) is 5.75 Å². The molecule has 0 aliphatic rings. The number of anilines is 1. The number of rotatable bonds is 6. The third-order valence-electron chi connectivity index (χ3n) is 3.20. The van der Waals surface area contributed by atoms with Crippen molar-refractivity contribution in [3.63, 3.8) is 0 Å². The van der Waals surface area contributed by atoms with Gasteiger partial charge in [-0.3, -0.25) is 4.72 Å². The second-order valence-electron chi connectivity index (χ2n) is 5.16. The smallest absolute Gasteiger partial charge is 0.263 e. The zero-order valence-corrected chi connectivity index (χ0v) is 15.5. The summed E-state index contributed by atoms with van der Waals surface area (Å²) in [7, 11) is -3.69. The maximum absolute atomic E-state index is 12.3. The summed E-state index contributed by atoms with van der Waals surface area (Å²) in [6, 6.07) is 13.5. The number of halogens is 1. The fourth-order valence-corrected chi connectivity index (χ4v) is 3.93. The van der Waals surface area contributed by atoms with E-state index in [1.54, 1.807) is 48.5 Å². The first kappa shape index (κ1) is 17.7. The first-order chi connectivity index (χ1) is 11.9. The van der Waals surface area contributed by atoms with Crippen LogP contribution < -0.4 is 9.46 Å². The van der Waals surface area contributed by atoms with Crippen LogP contribution in [0.1, 0.15) is 10.6 Å². The molecule has 0 spiro atoms. The van der Waals surface area contributed by atoms with Gasteiger partial charge in [-0.05, 0) is 43.3 Å². The molecule has 1 heterocycles. The van der Waals surface area contributed by atoms with Gasteiger partial charge in [-0.1, -0.05) is 40.6 Å². The minimum atomic E-state index is -3.69. The van der Waals surface area contributed by atoms with Gasteiger partial charge in [0.25, 0.3) is 10.0 Å². The molecule has 25 heavy (non-hydrogen) atoms. The summed E-state index contributed by atoms with van der Waals surface area (Å²) in [5.74, 6) is 0.640. The van der Waals surface area contributed by atoms with Gasteiger partial charge in [-0.2, -0.15) is 0 Å². The summed E-state index contributed by atoms with van der Waals surface area (Å²) in [4.78, 5) is 0.173. The van der Waals surface area contributed by atoms with Gasteiger partial charge >= 0.3 is 0 Å². The normalized spacial score (nSPS) is 11.3. The number of sulfonamides is 1. The van der Waals surface area contributed by atoms with Crippen LogP contribution in [-0.4, -0.2) is 18.6 Å². The van der Waals surface area contributed by atoms with Crippen LogP contribution in [0.3, 0.4) is 0 Å². The van der Waals surface area contributed by atoms with E-state index >= 15 is 0 Å². The monoisotopic (exact) mass is 395 g/mol. The molecule has 130 valence electrons. The predicted octanol–water partition coefficient (Wildman–Crippen LogP) is 3.88. The molecule has 0 unspecified atom stereocenters. The number of ether oxygens (including phenoxy) is 1. The van der Waals surface area contributed by atoms with Gasteiger partial charge < -0.3 is 4.74 Å². The maximum Gasteiger partial charge on any atom is 0.263 e. The van der Waals surface area contributed by atoms with E-state index in [0.29, 0.717) is 15.8 Å². The van der Waals surface area contributed by atoms with E-state index in [2.05, 4.69) is 14.9 Å². The van der Waals surface area contributed by atoms with E-state index in [1.165, 1.54) is 0 Å². The number of hydrogen-bond donors (Lipinski definition) is 1. The molecule has 0 radical (unpaired) electrons. The highest BCUT2D eigenvalue weighted by atomic mass is 35.5. The molecule has 0 saturated heterocycles. The molecule has 0 fully saturated rings. The second-order valence-corrected chi connectivity index (χ2v) is 8.34. The molecule has 0 atom stereocenters. The zero-order chi connectivity index (χ0) is 17.9. The highest BCUT2D eigenvalue weighted by Crippen LogP contribution is 2.22. The van der Waals surface area contributed by atoms with E-state index in [0.717, 1.165) is 16.9 Å². The molecule has 6 nitrogen and oxygen atoms in total. The van der Waals surface area contributed by atoms with Crippen LogP contribution >= 0.6 is 22.9 Å². The van der Waals surface area contributed by atoms with Crippen LogP contribution in [0.2, 0.25) is 5.02 Å². The minimum absolute atomic E-state index is 0.173. The van der Waals surface area contributed by atoms with Gasteiger partial charge in [0, 0.05) is 5.02 Å². The quantitative estimate of drug-likeness (QED) is 0.684. The van der Waals surface area contributed by atoms with Crippen LogP contribution in [0, 0.1) is 6.92 Å². The molecular weight excluding hydrogens is 382 g/mol. The van der Waals surface area contributed by atoms with Gasteiger partial charge in [-0.15, -0.1) is 10.2 Å². The Morgan fingerprint density at radius 1 is 1.08 bits per heavy atom.